The third kappa shape index (κ3) is 1.51. The fourth-order valence-corrected chi connectivity index (χ4v) is 1.38. The number of hydrogen-bond acceptors (Lipinski definition) is 2. The maximum Gasteiger partial charge on any atom is 0.117 e. The van der Waals surface area contributed by atoms with Crippen LogP contribution in [-0.4, -0.2) is 14.7 Å². The van der Waals surface area contributed by atoms with E-state index in [4.69, 9.17) is 16.7 Å². The normalized spacial score (nSPS) is 10.2. The van der Waals surface area contributed by atoms with Crippen molar-refractivity contribution in [2.45, 2.75) is 0 Å². The number of aromatic hydroxyl groups is 1. The third-order valence-electron chi connectivity index (χ3n) is 1.71. The van der Waals surface area contributed by atoms with Gasteiger partial charge in [-0.05, 0) is 12.1 Å². The predicted molar refractivity (Wildman–Crippen MR) is 50.2 cm³/mol. The summed E-state index contributed by atoms with van der Waals surface area (Å²) in [5.41, 5.74) is 0.803. The van der Waals surface area contributed by atoms with E-state index in [2.05, 4.69) is 4.98 Å². The van der Waals surface area contributed by atoms with Gasteiger partial charge >= 0.3 is 0 Å². The smallest absolute Gasteiger partial charge is 0.117 e. The van der Waals surface area contributed by atoms with E-state index in [1.807, 2.05) is 0 Å². The van der Waals surface area contributed by atoms with Crippen LogP contribution in [0.25, 0.3) is 5.69 Å². The number of phenolic OH excluding ortho intramolecular Hbond substituents is 1. The van der Waals surface area contributed by atoms with Gasteiger partial charge < -0.3 is 9.67 Å². The molecule has 0 aliphatic carbocycles. The molecule has 4 heteroatoms. The van der Waals surface area contributed by atoms with Crippen LogP contribution in [-0.2, 0) is 0 Å². The lowest BCUT2D eigenvalue weighted by molar-refractivity contribution is 0.475. The van der Waals surface area contributed by atoms with Crippen LogP contribution in [0.5, 0.6) is 5.75 Å². The Bertz CT molecular complexity index is 412. The first-order valence-corrected chi connectivity index (χ1v) is 4.12. The summed E-state index contributed by atoms with van der Waals surface area (Å²) < 4.78 is 1.78. The molecule has 1 aromatic heterocycles. The number of benzene rings is 1. The number of halogens is 1. The second-order valence-electron chi connectivity index (χ2n) is 2.61. The van der Waals surface area contributed by atoms with Gasteiger partial charge in [-0.15, -0.1) is 0 Å². The van der Waals surface area contributed by atoms with E-state index < -0.39 is 0 Å². The highest BCUT2D eigenvalue weighted by molar-refractivity contribution is 6.32. The minimum atomic E-state index is 0.161. The molecule has 0 saturated heterocycles. The predicted octanol–water partition coefficient (Wildman–Crippen LogP) is 2.23. The molecular weight excluding hydrogens is 188 g/mol. The van der Waals surface area contributed by atoms with Crippen molar-refractivity contribution >= 4 is 11.6 Å². The first-order chi connectivity index (χ1) is 6.27. The van der Waals surface area contributed by atoms with Crippen LogP contribution in [0.4, 0.5) is 0 Å². The molecule has 2 aromatic rings. The molecule has 1 heterocycles. The van der Waals surface area contributed by atoms with E-state index >= 15 is 0 Å². The number of phenols is 1. The van der Waals surface area contributed by atoms with Gasteiger partial charge in [-0.1, -0.05) is 11.6 Å². The molecule has 2 rings (SSSR count). The van der Waals surface area contributed by atoms with Crippen LogP contribution in [0.2, 0.25) is 5.02 Å². The Morgan fingerprint density at radius 2 is 2.23 bits per heavy atom. The summed E-state index contributed by atoms with van der Waals surface area (Å²) in [6, 6.07) is 4.82. The van der Waals surface area contributed by atoms with Gasteiger partial charge in [0.2, 0.25) is 0 Å². The number of hydrogen-bond donors (Lipinski definition) is 1. The van der Waals surface area contributed by atoms with Crippen molar-refractivity contribution in [3.63, 3.8) is 0 Å². The molecule has 13 heavy (non-hydrogen) atoms. The molecule has 0 bridgehead atoms. The lowest BCUT2D eigenvalue weighted by atomic mass is 10.3. The summed E-state index contributed by atoms with van der Waals surface area (Å²) in [6.45, 7) is 0. The number of rotatable bonds is 1. The van der Waals surface area contributed by atoms with Crippen molar-refractivity contribution in [1.29, 1.82) is 0 Å². The average molecular weight is 195 g/mol. The van der Waals surface area contributed by atoms with E-state index in [-0.39, 0.29) is 5.75 Å². The molecule has 0 aliphatic heterocycles. The van der Waals surface area contributed by atoms with Crippen LogP contribution >= 0.6 is 11.6 Å². The van der Waals surface area contributed by atoms with Crippen molar-refractivity contribution in [3.05, 3.63) is 41.9 Å². The standard InChI is InChI=1S/C9H7ClN2O/c10-8-5-7(13)1-2-9(8)12-4-3-11-6-12/h1-6,13H. The molecule has 1 aromatic carbocycles. The zero-order valence-electron chi connectivity index (χ0n) is 6.68. The SMILES string of the molecule is Oc1ccc(-n2ccnc2)c(Cl)c1. The van der Waals surface area contributed by atoms with Gasteiger partial charge in [0.15, 0.2) is 0 Å². The van der Waals surface area contributed by atoms with E-state index in [0.717, 1.165) is 5.69 Å². The highest BCUT2D eigenvalue weighted by Crippen LogP contribution is 2.24. The van der Waals surface area contributed by atoms with Crippen LogP contribution in [0, 0.1) is 0 Å². The van der Waals surface area contributed by atoms with Crippen molar-refractivity contribution in [2.75, 3.05) is 0 Å². The minimum Gasteiger partial charge on any atom is -0.508 e. The average Bonchev–Trinajstić information content (AvgIpc) is 2.56. The zero-order chi connectivity index (χ0) is 9.26. The Hall–Kier alpha value is -1.48. The van der Waals surface area contributed by atoms with Gasteiger partial charge in [0, 0.05) is 18.5 Å². The molecule has 3 nitrogen and oxygen atoms in total. The number of imidazole rings is 1. The molecule has 66 valence electrons. The van der Waals surface area contributed by atoms with Crippen molar-refractivity contribution in [3.8, 4) is 11.4 Å². The van der Waals surface area contributed by atoms with E-state index in [1.165, 1.54) is 6.07 Å². The van der Waals surface area contributed by atoms with Crippen molar-refractivity contribution in [1.82, 2.24) is 9.55 Å². The second kappa shape index (κ2) is 3.11. The van der Waals surface area contributed by atoms with E-state index in [1.54, 1.807) is 35.4 Å². The molecule has 0 unspecified atom stereocenters. The van der Waals surface area contributed by atoms with Gasteiger partial charge in [-0.25, -0.2) is 4.98 Å². The van der Waals surface area contributed by atoms with Crippen LogP contribution in [0.3, 0.4) is 0 Å². The Morgan fingerprint density at radius 3 is 2.85 bits per heavy atom. The molecule has 0 radical (unpaired) electrons. The second-order valence-corrected chi connectivity index (χ2v) is 3.01. The van der Waals surface area contributed by atoms with Crippen LogP contribution < -0.4 is 0 Å². The minimum absolute atomic E-state index is 0.161. The lowest BCUT2D eigenvalue weighted by Gasteiger charge is -2.04. The molecule has 0 amide bonds. The molecule has 0 saturated carbocycles. The summed E-state index contributed by atoms with van der Waals surface area (Å²) >= 11 is 5.91. The summed E-state index contributed by atoms with van der Waals surface area (Å²) in [7, 11) is 0. The summed E-state index contributed by atoms with van der Waals surface area (Å²) in [4.78, 5) is 3.90. The third-order valence-corrected chi connectivity index (χ3v) is 2.02. The highest BCUT2D eigenvalue weighted by atomic mass is 35.5. The Balaban J connectivity index is 2.53. The molecule has 0 fully saturated rings. The van der Waals surface area contributed by atoms with E-state index in [9.17, 15) is 0 Å². The fourth-order valence-electron chi connectivity index (χ4n) is 1.11. The lowest BCUT2D eigenvalue weighted by Crippen LogP contribution is -1.90. The monoisotopic (exact) mass is 194 g/mol. The summed E-state index contributed by atoms with van der Waals surface area (Å²) in [5, 5.41) is 9.62. The molecule has 0 atom stereocenters. The van der Waals surface area contributed by atoms with E-state index in [0.29, 0.717) is 5.02 Å². The number of aromatic nitrogens is 2. The van der Waals surface area contributed by atoms with Gasteiger partial charge in [-0.3, -0.25) is 0 Å². The first kappa shape index (κ1) is 8.13. The summed E-state index contributed by atoms with van der Waals surface area (Å²) in [5.74, 6) is 0.161. The largest absolute Gasteiger partial charge is 0.508 e. The quantitative estimate of drug-likeness (QED) is 0.756. The van der Waals surface area contributed by atoms with Crippen molar-refractivity contribution < 1.29 is 5.11 Å². The van der Waals surface area contributed by atoms with Crippen LogP contribution in [0.15, 0.2) is 36.9 Å². The Labute approximate surface area is 80.2 Å². The molecule has 0 spiro atoms. The van der Waals surface area contributed by atoms with Crippen LogP contribution in [0.1, 0.15) is 0 Å². The molecular formula is C9H7ClN2O. The molecule has 0 aliphatic rings. The maximum absolute atomic E-state index is 9.13. The number of nitrogens with zero attached hydrogens (tertiary/aromatic N) is 2. The summed E-state index contributed by atoms with van der Waals surface area (Å²) in [6.07, 6.45) is 5.11. The topological polar surface area (TPSA) is 38.0 Å². The highest BCUT2D eigenvalue weighted by Gasteiger charge is 2.02. The Morgan fingerprint density at radius 1 is 1.38 bits per heavy atom. The first-order valence-electron chi connectivity index (χ1n) is 3.74. The van der Waals surface area contributed by atoms with Gasteiger partial charge in [-0.2, -0.15) is 0 Å². The molecule has 1 N–H and O–H groups in total. The van der Waals surface area contributed by atoms with Crippen molar-refractivity contribution in [2.24, 2.45) is 0 Å². The fraction of sp³-hybridized carbons (Fsp3) is 0. The van der Waals surface area contributed by atoms with Gasteiger partial charge in [0.1, 0.15) is 5.75 Å². The van der Waals surface area contributed by atoms with Gasteiger partial charge in [0.25, 0.3) is 0 Å². The zero-order valence-corrected chi connectivity index (χ0v) is 7.44. The Kier molecular flexibility index (Phi) is 1.94. The van der Waals surface area contributed by atoms with Gasteiger partial charge in [0.05, 0.1) is 17.0 Å². The maximum atomic E-state index is 9.13.